The largest absolute Gasteiger partial charge is 0.368 e. The van der Waals surface area contributed by atoms with Gasteiger partial charge in [-0.2, -0.15) is 15.0 Å². The van der Waals surface area contributed by atoms with Gasteiger partial charge < -0.3 is 11.1 Å². The van der Waals surface area contributed by atoms with Gasteiger partial charge in [0.1, 0.15) is 5.82 Å². The second-order valence-corrected chi connectivity index (χ2v) is 5.60. The average Bonchev–Trinajstić information content (AvgIpc) is 2.46. The van der Waals surface area contributed by atoms with Crippen LogP contribution < -0.4 is 11.1 Å². The Kier molecular flexibility index (Phi) is 4.19. The van der Waals surface area contributed by atoms with Crippen LogP contribution in [0.2, 0.25) is 0 Å². The normalized spacial score (nSPS) is 10.5. The first-order valence-electron chi connectivity index (χ1n) is 7.48. The van der Waals surface area contributed by atoms with E-state index in [1.807, 2.05) is 30.3 Å². The van der Waals surface area contributed by atoms with E-state index in [0.29, 0.717) is 18.2 Å². The van der Waals surface area contributed by atoms with Crippen LogP contribution in [-0.2, 0) is 6.42 Å². The third kappa shape index (κ3) is 4.03. The van der Waals surface area contributed by atoms with E-state index in [1.165, 1.54) is 16.7 Å². The highest BCUT2D eigenvalue weighted by atomic mass is 15.2. The number of rotatable bonds is 4. The number of para-hydroxylation sites is 1. The molecule has 0 bridgehead atoms. The van der Waals surface area contributed by atoms with Gasteiger partial charge in [0.25, 0.3) is 0 Å². The van der Waals surface area contributed by atoms with Crippen LogP contribution >= 0.6 is 0 Å². The summed E-state index contributed by atoms with van der Waals surface area (Å²) >= 11 is 0. The zero-order chi connectivity index (χ0) is 16.2. The molecule has 0 aliphatic carbocycles. The number of anilines is 3. The highest BCUT2D eigenvalue weighted by Gasteiger charge is 2.07. The predicted octanol–water partition coefficient (Wildman–Crippen LogP) is 3.41. The molecule has 5 nitrogen and oxygen atoms in total. The van der Waals surface area contributed by atoms with E-state index < -0.39 is 0 Å². The summed E-state index contributed by atoms with van der Waals surface area (Å²) in [5.41, 5.74) is 10.4. The number of hydrogen-bond donors (Lipinski definition) is 2. The fourth-order valence-electron chi connectivity index (χ4n) is 2.58. The molecule has 2 aromatic carbocycles. The first-order chi connectivity index (χ1) is 11.1. The van der Waals surface area contributed by atoms with Gasteiger partial charge in [-0.05, 0) is 31.5 Å². The van der Waals surface area contributed by atoms with Crippen LogP contribution in [0.5, 0.6) is 0 Å². The van der Waals surface area contributed by atoms with Gasteiger partial charge in [0, 0.05) is 12.1 Å². The van der Waals surface area contributed by atoms with Crippen molar-refractivity contribution >= 4 is 17.6 Å². The minimum atomic E-state index is 0.220. The number of nitrogens with zero attached hydrogens (tertiary/aromatic N) is 3. The lowest BCUT2D eigenvalue weighted by molar-refractivity contribution is 0.934. The third-order valence-corrected chi connectivity index (χ3v) is 3.37. The number of aromatic nitrogens is 3. The van der Waals surface area contributed by atoms with Crippen molar-refractivity contribution in [3.8, 4) is 0 Å². The minimum absolute atomic E-state index is 0.220. The van der Waals surface area contributed by atoms with Crippen LogP contribution in [-0.4, -0.2) is 15.0 Å². The topological polar surface area (TPSA) is 76.7 Å². The maximum Gasteiger partial charge on any atom is 0.232 e. The number of aryl methyl sites for hydroxylation is 2. The summed E-state index contributed by atoms with van der Waals surface area (Å²) in [4.78, 5) is 12.9. The Balaban J connectivity index is 1.85. The van der Waals surface area contributed by atoms with Crippen molar-refractivity contribution in [1.82, 2.24) is 15.0 Å². The van der Waals surface area contributed by atoms with Gasteiger partial charge in [-0.25, -0.2) is 0 Å². The smallest absolute Gasteiger partial charge is 0.232 e. The summed E-state index contributed by atoms with van der Waals surface area (Å²) in [5, 5.41) is 3.15. The second kappa shape index (κ2) is 6.44. The molecule has 0 radical (unpaired) electrons. The van der Waals surface area contributed by atoms with Gasteiger partial charge in [-0.1, -0.05) is 47.5 Å². The molecule has 0 aliphatic heterocycles. The van der Waals surface area contributed by atoms with E-state index in [4.69, 9.17) is 5.73 Å². The van der Waals surface area contributed by atoms with E-state index in [-0.39, 0.29) is 5.95 Å². The molecule has 0 atom stereocenters. The summed E-state index contributed by atoms with van der Waals surface area (Å²) in [6.07, 6.45) is 0.624. The first-order valence-corrected chi connectivity index (χ1v) is 7.48. The molecule has 116 valence electrons. The van der Waals surface area contributed by atoms with Crippen LogP contribution in [0.1, 0.15) is 22.5 Å². The molecule has 0 spiro atoms. The number of nitrogen functional groups attached to an aromatic ring is 1. The summed E-state index contributed by atoms with van der Waals surface area (Å²) in [6, 6.07) is 16.2. The highest BCUT2D eigenvalue weighted by Crippen LogP contribution is 2.15. The van der Waals surface area contributed by atoms with Crippen LogP contribution in [0.25, 0.3) is 0 Å². The molecule has 0 saturated carbocycles. The maximum absolute atomic E-state index is 5.82. The summed E-state index contributed by atoms with van der Waals surface area (Å²) in [5.74, 6) is 1.34. The lowest BCUT2D eigenvalue weighted by Crippen LogP contribution is -2.07. The predicted molar refractivity (Wildman–Crippen MR) is 92.7 cm³/mol. The molecule has 1 aromatic heterocycles. The van der Waals surface area contributed by atoms with E-state index in [9.17, 15) is 0 Å². The van der Waals surface area contributed by atoms with Crippen molar-refractivity contribution in [3.63, 3.8) is 0 Å². The zero-order valence-electron chi connectivity index (χ0n) is 13.2. The molecule has 0 amide bonds. The molecule has 0 unspecified atom stereocenters. The molecule has 3 rings (SSSR count). The Morgan fingerprint density at radius 3 is 2.30 bits per heavy atom. The SMILES string of the molecule is Cc1cc(C)cc(Cc2nc(N)nc(Nc3ccccc3)n2)c1. The van der Waals surface area contributed by atoms with Crippen LogP contribution in [0.3, 0.4) is 0 Å². The number of benzene rings is 2. The van der Waals surface area contributed by atoms with E-state index >= 15 is 0 Å². The molecular formula is C18H19N5. The fourth-order valence-corrected chi connectivity index (χ4v) is 2.58. The lowest BCUT2D eigenvalue weighted by atomic mass is 10.0. The second-order valence-electron chi connectivity index (χ2n) is 5.60. The van der Waals surface area contributed by atoms with Crippen molar-refractivity contribution in [2.45, 2.75) is 20.3 Å². The summed E-state index contributed by atoms with van der Waals surface area (Å²) in [6.45, 7) is 4.17. The van der Waals surface area contributed by atoms with Crippen molar-refractivity contribution in [2.24, 2.45) is 0 Å². The first kappa shape index (κ1) is 15.0. The quantitative estimate of drug-likeness (QED) is 0.772. The number of hydrogen-bond acceptors (Lipinski definition) is 5. The van der Waals surface area contributed by atoms with Gasteiger partial charge in [0.15, 0.2) is 0 Å². The van der Waals surface area contributed by atoms with Gasteiger partial charge in [-0.15, -0.1) is 0 Å². The zero-order valence-corrected chi connectivity index (χ0v) is 13.2. The Morgan fingerprint density at radius 1 is 0.913 bits per heavy atom. The summed E-state index contributed by atoms with van der Waals surface area (Å²) in [7, 11) is 0. The Morgan fingerprint density at radius 2 is 1.61 bits per heavy atom. The maximum atomic E-state index is 5.82. The van der Waals surface area contributed by atoms with Crippen molar-refractivity contribution in [2.75, 3.05) is 11.1 Å². The van der Waals surface area contributed by atoms with E-state index in [0.717, 1.165) is 5.69 Å². The molecule has 0 fully saturated rings. The molecular weight excluding hydrogens is 286 g/mol. The monoisotopic (exact) mass is 305 g/mol. The molecule has 3 aromatic rings. The number of nitrogens with two attached hydrogens (primary N) is 1. The fraction of sp³-hybridized carbons (Fsp3) is 0.167. The molecule has 23 heavy (non-hydrogen) atoms. The van der Waals surface area contributed by atoms with Crippen molar-refractivity contribution in [3.05, 3.63) is 71.0 Å². The van der Waals surface area contributed by atoms with Gasteiger partial charge in [0.2, 0.25) is 11.9 Å². The van der Waals surface area contributed by atoms with Crippen LogP contribution in [0, 0.1) is 13.8 Å². The van der Waals surface area contributed by atoms with Gasteiger partial charge >= 0.3 is 0 Å². The highest BCUT2D eigenvalue weighted by molar-refractivity contribution is 5.53. The number of nitrogens with one attached hydrogen (secondary N) is 1. The summed E-state index contributed by atoms with van der Waals surface area (Å²) < 4.78 is 0. The van der Waals surface area contributed by atoms with Crippen LogP contribution in [0.4, 0.5) is 17.6 Å². The Labute approximate surface area is 135 Å². The minimum Gasteiger partial charge on any atom is -0.368 e. The average molecular weight is 305 g/mol. The van der Waals surface area contributed by atoms with Crippen molar-refractivity contribution in [1.29, 1.82) is 0 Å². The Bertz CT molecular complexity index is 795. The van der Waals surface area contributed by atoms with E-state index in [1.54, 1.807) is 0 Å². The Hall–Kier alpha value is -2.95. The van der Waals surface area contributed by atoms with Gasteiger partial charge in [0.05, 0.1) is 0 Å². The van der Waals surface area contributed by atoms with Gasteiger partial charge in [-0.3, -0.25) is 0 Å². The third-order valence-electron chi connectivity index (χ3n) is 3.37. The molecule has 3 N–H and O–H groups in total. The standard InChI is InChI=1S/C18H19N5/c1-12-8-13(2)10-14(9-12)11-16-21-17(19)23-18(22-16)20-15-6-4-3-5-7-15/h3-10H,11H2,1-2H3,(H3,19,20,21,22,23). The lowest BCUT2D eigenvalue weighted by Gasteiger charge is -2.08. The van der Waals surface area contributed by atoms with Crippen molar-refractivity contribution < 1.29 is 0 Å². The molecule has 0 aliphatic rings. The van der Waals surface area contributed by atoms with Crippen LogP contribution in [0.15, 0.2) is 48.5 Å². The molecule has 5 heteroatoms. The molecule has 1 heterocycles. The van der Waals surface area contributed by atoms with E-state index in [2.05, 4.69) is 52.3 Å². The molecule has 0 saturated heterocycles.